The number of thioether (sulfide) groups is 1. The van der Waals surface area contributed by atoms with Crippen LogP contribution in [0.15, 0.2) is 65.2 Å². The molecule has 28 heteroatoms. The Labute approximate surface area is 653 Å². The van der Waals surface area contributed by atoms with Crippen molar-refractivity contribution in [2.45, 2.75) is 263 Å². The van der Waals surface area contributed by atoms with Crippen LogP contribution in [-0.4, -0.2) is 226 Å². The highest BCUT2D eigenvalue weighted by Gasteiger charge is 2.54. The van der Waals surface area contributed by atoms with Gasteiger partial charge in [-0.2, -0.15) is 0 Å². The number of aromatic nitrogens is 5. The summed E-state index contributed by atoms with van der Waals surface area (Å²) < 4.78 is 63.7. The van der Waals surface area contributed by atoms with Gasteiger partial charge in [-0.05, 0) is 183 Å². The number of fused-ring (bicyclic) bond motifs is 5. The summed E-state index contributed by atoms with van der Waals surface area (Å²) in [7, 11) is 0.274. The van der Waals surface area contributed by atoms with E-state index in [1.807, 2.05) is 62.8 Å². The standard InChI is InChI=1S/C81H129N7O18SSi2/c1-52-21-17-16-18-22-53(2)71(97-9)45-62-26-24-58(7)81(96,105-62)77(93)78(94)87-32-20-19-23-68(87)79(95)104-72(46-69(90)54(3)42-57(6)75(92)76(99-11)74(91)56(5)41-52)55(4)43-60-25-31-70(73(44-60)98-10)103-39-40-108(12,13)106-109(14,15)51-107-80-83-47-61(48-84-80)50-102-38-37-101-36-35-100-34-33-88-67-30-28-64-63(27-29-66(67)85-86-88)65(64)49-82-59(8)89/h16-18,21-22,42,47-48,52,54-56,58,60,62-65,68,70-73,75-76,92,96H,19-20,23-41,43-46,49-51H2,1-15H3,(H,82,89)/b18-16+,21-17+,53-22+,57-42+/t52-,54-,55+,56-,58-,60+,62+,63?,64?,65?,68+,70-,71+,72+,73-,75-,76+,81-/m1/s1. The van der Waals surface area contributed by atoms with Gasteiger partial charge in [-0.1, -0.05) is 88.1 Å². The van der Waals surface area contributed by atoms with E-state index in [-0.39, 0.29) is 66.8 Å². The Balaban J connectivity index is 0.801. The fourth-order valence-electron chi connectivity index (χ4n) is 16.7. The molecule has 3 unspecified atom stereocenters. The number of amides is 2. The molecule has 2 amide bonds. The Morgan fingerprint density at radius 2 is 1.51 bits per heavy atom. The lowest BCUT2D eigenvalue weighted by molar-refractivity contribution is -0.265. The second-order valence-corrected chi connectivity index (χ2v) is 43.1. The summed E-state index contributed by atoms with van der Waals surface area (Å²) in [5, 5.41) is 37.3. The smallest absolute Gasteiger partial charge is 0.329 e. The molecule has 2 bridgehead atoms. The van der Waals surface area contributed by atoms with E-state index in [0.717, 1.165) is 73.3 Å². The zero-order chi connectivity index (χ0) is 79.2. The van der Waals surface area contributed by atoms with Crippen molar-refractivity contribution in [3.05, 3.63) is 76.9 Å². The summed E-state index contributed by atoms with van der Waals surface area (Å²) in [6, 6.07) is -0.382. The molecule has 8 rings (SSSR count). The predicted molar refractivity (Wildman–Crippen MR) is 420 cm³/mol. The summed E-state index contributed by atoms with van der Waals surface area (Å²) in [6.45, 7) is 28.0. The molecular formula is C81H129N7O18SSi2. The molecule has 3 aliphatic carbocycles. The fraction of sp³-hybridized carbons (Fsp3) is 0.753. The maximum atomic E-state index is 14.8. The molecule has 4 fully saturated rings. The number of carbonyl (C=O) groups excluding carboxylic acids is 6. The van der Waals surface area contributed by atoms with Crippen LogP contribution in [0.25, 0.3) is 0 Å². The molecule has 5 heterocycles. The number of ether oxygens (including phenoxy) is 9. The minimum Gasteiger partial charge on any atom is -0.460 e. The number of nitrogens with zero attached hydrogens (tertiary/aromatic N) is 6. The second-order valence-electron chi connectivity index (χ2n) is 33.0. The van der Waals surface area contributed by atoms with Gasteiger partial charge in [-0.15, -0.1) is 5.10 Å². The van der Waals surface area contributed by atoms with Gasteiger partial charge < -0.3 is 67.2 Å². The van der Waals surface area contributed by atoms with Crippen LogP contribution in [-0.2, 0) is 102 Å². The lowest BCUT2D eigenvalue weighted by Gasteiger charge is -2.42. The van der Waals surface area contributed by atoms with Gasteiger partial charge in [0.2, 0.25) is 11.7 Å². The van der Waals surface area contributed by atoms with Crippen molar-refractivity contribution in [2.24, 2.45) is 53.3 Å². The molecule has 610 valence electrons. The van der Waals surface area contributed by atoms with E-state index in [1.54, 1.807) is 72.1 Å². The summed E-state index contributed by atoms with van der Waals surface area (Å²) in [5.41, 5.74) is 4.44. The molecule has 0 aromatic carbocycles. The van der Waals surface area contributed by atoms with E-state index in [4.69, 9.17) is 46.7 Å². The first kappa shape index (κ1) is 89.5. The van der Waals surface area contributed by atoms with Crippen LogP contribution in [0.2, 0.25) is 32.2 Å². The van der Waals surface area contributed by atoms with Crippen LogP contribution in [0.4, 0.5) is 0 Å². The van der Waals surface area contributed by atoms with Gasteiger partial charge in [-0.3, -0.25) is 24.0 Å². The van der Waals surface area contributed by atoms with Crippen LogP contribution in [0, 0.1) is 53.3 Å². The monoisotopic (exact) mass is 1580 g/mol. The third kappa shape index (κ3) is 26.5. The van der Waals surface area contributed by atoms with E-state index < -0.39 is 94.4 Å². The number of allylic oxidation sites excluding steroid dienone is 6. The van der Waals surface area contributed by atoms with Gasteiger partial charge in [0.05, 0.1) is 82.0 Å². The zero-order valence-electron chi connectivity index (χ0n) is 67.8. The first-order chi connectivity index (χ1) is 51.9. The number of piperidine rings is 1. The van der Waals surface area contributed by atoms with E-state index in [0.29, 0.717) is 133 Å². The average Bonchev–Trinajstić information content (AvgIpc) is 1.75. The summed E-state index contributed by atoms with van der Waals surface area (Å²) in [5.74, 6) is -6.19. The van der Waals surface area contributed by atoms with Gasteiger partial charge in [0.25, 0.3) is 11.7 Å². The van der Waals surface area contributed by atoms with Crippen molar-refractivity contribution in [3.63, 3.8) is 0 Å². The molecule has 3 N–H and O–H groups in total. The maximum Gasteiger partial charge on any atom is 0.329 e. The van der Waals surface area contributed by atoms with Crippen LogP contribution in [0.1, 0.15) is 162 Å². The van der Waals surface area contributed by atoms with Crippen molar-refractivity contribution in [1.29, 1.82) is 0 Å². The number of aryl methyl sites for hydroxylation is 1. The molecule has 25 nitrogen and oxygen atoms in total. The Kier molecular flexibility index (Phi) is 35.2. The van der Waals surface area contributed by atoms with Crippen molar-refractivity contribution in [1.82, 2.24) is 35.2 Å². The quantitative estimate of drug-likeness (QED) is 0.0136. The number of ketones is 3. The van der Waals surface area contributed by atoms with E-state index in [2.05, 4.69) is 51.8 Å². The van der Waals surface area contributed by atoms with E-state index in [9.17, 15) is 39.0 Å². The summed E-state index contributed by atoms with van der Waals surface area (Å²) in [6.07, 6.45) is 19.6. The van der Waals surface area contributed by atoms with Crippen molar-refractivity contribution in [3.8, 4) is 0 Å². The van der Waals surface area contributed by atoms with Gasteiger partial charge in [-0.25, -0.2) is 19.4 Å². The van der Waals surface area contributed by atoms with Gasteiger partial charge in [0.1, 0.15) is 30.1 Å². The highest BCUT2D eigenvalue weighted by atomic mass is 32.2. The second kappa shape index (κ2) is 42.9. The van der Waals surface area contributed by atoms with Crippen LogP contribution >= 0.6 is 11.8 Å². The number of aliphatic hydroxyl groups is 2. The maximum absolute atomic E-state index is 14.8. The van der Waals surface area contributed by atoms with E-state index in [1.165, 1.54) is 17.7 Å². The first-order valence-corrected chi connectivity index (χ1v) is 47.3. The number of nitrogens with one attached hydrogen (secondary N) is 1. The number of rotatable bonds is 28. The third-order valence-corrected chi connectivity index (χ3v) is 32.8. The minimum absolute atomic E-state index is 0.00108. The number of aliphatic hydroxyl groups excluding tert-OH is 1. The Hall–Kier alpha value is -5.06. The lowest BCUT2D eigenvalue weighted by atomic mass is 9.78. The number of esters is 1. The molecule has 2 aromatic heterocycles. The molecule has 2 aromatic rings. The number of Topliss-reactive ketones (excluding diaryl/α,β-unsaturated/α-hetero) is 3. The Morgan fingerprint density at radius 1 is 0.798 bits per heavy atom. The van der Waals surface area contributed by atoms with Crippen LogP contribution in [0.5, 0.6) is 0 Å². The third-order valence-electron chi connectivity index (χ3n) is 23.2. The van der Waals surface area contributed by atoms with Crippen LogP contribution < -0.4 is 5.32 Å². The predicted octanol–water partition coefficient (Wildman–Crippen LogP) is 10.5. The number of hydrogen-bond acceptors (Lipinski definition) is 23. The molecule has 6 aliphatic rings. The molecule has 0 spiro atoms. The van der Waals surface area contributed by atoms with Gasteiger partial charge in [0, 0.05) is 102 Å². The number of methoxy groups -OCH3 is 3. The molecule has 18 atom stereocenters. The topological polar surface area (TPSA) is 307 Å². The first-order valence-electron chi connectivity index (χ1n) is 40.1. The average molecular weight is 1580 g/mol. The molecule has 3 aliphatic heterocycles. The molecule has 2 saturated carbocycles. The zero-order valence-corrected chi connectivity index (χ0v) is 70.6. The van der Waals surface area contributed by atoms with Crippen molar-refractivity contribution in [2.75, 3.05) is 79.4 Å². The number of hydrogen-bond donors (Lipinski definition) is 3. The summed E-state index contributed by atoms with van der Waals surface area (Å²) in [4.78, 5) is 94.4. The number of carbonyl (C=O) groups is 6. The number of cyclic esters (lactones) is 1. The molecule has 2 saturated heterocycles. The summed E-state index contributed by atoms with van der Waals surface area (Å²) >= 11 is 1.61. The minimum atomic E-state index is -2.46. The lowest BCUT2D eigenvalue weighted by Crippen LogP contribution is -2.61. The van der Waals surface area contributed by atoms with Gasteiger partial charge in [0.15, 0.2) is 27.6 Å². The van der Waals surface area contributed by atoms with Crippen molar-refractivity contribution < 1.29 is 85.7 Å². The Morgan fingerprint density at radius 3 is 2.22 bits per heavy atom. The highest BCUT2D eigenvalue weighted by Crippen LogP contribution is 2.52. The normalized spacial score (nSPS) is 32.3. The fourth-order valence-corrected chi connectivity index (χ4v) is 26.6. The molecule has 109 heavy (non-hydrogen) atoms. The molecule has 0 radical (unpaired) electrons. The van der Waals surface area contributed by atoms with Crippen LogP contribution in [0.3, 0.4) is 0 Å². The van der Waals surface area contributed by atoms with E-state index >= 15 is 0 Å². The van der Waals surface area contributed by atoms with Crippen molar-refractivity contribution >= 4 is 63.5 Å². The molecular weight excluding hydrogens is 1450 g/mol. The Bertz CT molecular complexity index is 3410. The largest absolute Gasteiger partial charge is 0.460 e. The van der Waals surface area contributed by atoms with Gasteiger partial charge >= 0.3 is 5.97 Å². The highest BCUT2D eigenvalue weighted by molar-refractivity contribution is 8.00. The SMILES string of the molecule is CO[C@H]1C[C@@H]2CC[C@@H](C)[C@@](O)(O2)C(=O)C(=O)N2CCCC[C@H]2C(=O)O[C@H]([C@@H](C)C[C@@H]2CC[C@@H](OCC[Si](C)(C)O[Si](C)(C)CSc3ncc(COCCOCCOCCn4nnc5c4CCC4C(CC5)C4CNC(C)=O)cn3)[C@H](OC)C2)CC(=O)[C@H](C)/C=C(\C)[C@@H](O)[C@@H](OC)C(=O)[C@H](C)C[C@H](C)/C=C/C=C/C=C/1C.